The second-order valence-electron chi connectivity index (χ2n) is 8.14. The summed E-state index contributed by atoms with van der Waals surface area (Å²) in [5.41, 5.74) is 2.71. The smallest absolute Gasteiger partial charge is 0.326 e. The van der Waals surface area contributed by atoms with Crippen LogP contribution in [-0.2, 0) is 4.79 Å². The molecule has 0 radical (unpaired) electrons. The summed E-state index contributed by atoms with van der Waals surface area (Å²) in [5, 5.41) is 10.3. The van der Waals surface area contributed by atoms with E-state index in [1.165, 1.54) is 12.0 Å². The van der Waals surface area contributed by atoms with Crippen molar-refractivity contribution in [1.82, 2.24) is 4.90 Å². The van der Waals surface area contributed by atoms with Crippen LogP contribution in [-0.4, -0.2) is 49.3 Å². The molecule has 8 heteroatoms. The van der Waals surface area contributed by atoms with E-state index in [0.717, 1.165) is 16.7 Å². The fourth-order valence-electron chi connectivity index (χ4n) is 4.66. The molecule has 0 unspecified atom stereocenters. The van der Waals surface area contributed by atoms with E-state index < -0.39 is 18.1 Å². The summed E-state index contributed by atoms with van der Waals surface area (Å²) in [5.74, 6) is 0.135. The maximum Gasteiger partial charge on any atom is 0.326 e. The molecule has 4 rings (SSSR count). The van der Waals surface area contributed by atoms with Gasteiger partial charge in [0.05, 0.1) is 27.4 Å². The molecule has 182 valence electrons. The Morgan fingerprint density at radius 1 is 0.886 bits per heavy atom. The van der Waals surface area contributed by atoms with Gasteiger partial charge < -0.3 is 24.2 Å². The molecule has 1 aliphatic rings. The molecule has 35 heavy (non-hydrogen) atoms. The van der Waals surface area contributed by atoms with Gasteiger partial charge in [0.15, 0.2) is 11.5 Å². The van der Waals surface area contributed by atoms with Crippen molar-refractivity contribution in [1.29, 1.82) is 0 Å². The van der Waals surface area contributed by atoms with Gasteiger partial charge in [-0.15, -0.1) is 0 Å². The molecule has 0 aromatic heterocycles. The van der Waals surface area contributed by atoms with Crippen molar-refractivity contribution in [2.24, 2.45) is 0 Å². The zero-order valence-electron chi connectivity index (χ0n) is 19.7. The first-order valence-electron chi connectivity index (χ1n) is 11.1. The lowest BCUT2D eigenvalue weighted by atomic mass is 10.0. The highest BCUT2D eigenvalue weighted by molar-refractivity contribution is 6.31. The van der Waals surface area contributed by atoms with Crippen molar-refractivity contribution >= 4 is 23.5 Å². The van der Waals surface area contributed by atoms with E-state index in [4.69, 9.17) is 25.8 Å². The van der Waals surface area contributed by atoms with Crippen LogP contribution in [0.3, 0.4) is 0 Å². The first-order valence-corrected chi connectivity index (χ1v) is 11.5. The van der Waals surface area contributed by atoms with Gasteiger partial charge in [-0.1, -0.05) is 41.9 Å². The SMILES string of the molecule is COc1ccc(-c2ccc(C(=O)N3[C@@H](c4ccccc4Cl)CC[C@H]3C(=O)O)cc2)c(OC)c1OC. The van der Waals surface area contributed by atoms with Crippen LogP contribution in [0.15, 0.2) is 60.7 Å². The van der Waals surface area contributed by atoms with Crippen LogP contribution >= 0.6 is 11.6 Å². The lowest BCUT2D eigenvalue weighted by Crippen LogP contribution is -2.41. The van der Waals surface area contributed by atoms with Crippen molar-refractivity contribution in [3.8, 4) is 28.4 Å². The average molecular weight is 496 g/mol. The third-order valence-corrected chi connectivity index (χ3v) is 6.66. The molecule has 0 spiro atoms. The zero-order valence-corrected chi connectivity index (χ0v) is 20.4. The normalized spacial score (nSPS) is 17.2. The summed E-state index contributed by atoms with van der Waals surface area (Å²) in [4.78, 5) is 27.0. The number of ether oxygens (including phenoxy) is 3. The number of benzene rings is 3. The van der Waals surface area contributed by atoms with Gasteiger partial charge in [-0.05, 0) is 54.3 Å². The largest absolute Gasteiger partial charge is 0.493 e. The molecule has 1 fully saturated rings. The monoisotopic (exact) mass is 495 g/mol. The number of carboxylic acids is 1. The van der Waals surface area contributed by atoms with Crippen LogP contribution in [0, 0.1) is 0 Å². The number of carboxylic acid groups (broad SMARTS) is 1. The lowest BCUT2D eigenvalue weighted by Gasteiger charge is -2.29. The molecular weight excluding hydrogens is 470 g/mol. The molecule has 0 bridgehead atoms. The van der Waals surface area contributed by atoms with Crippen LogP contribution in [0.2, 0.25) is 5.02 Å². The number of amides is 1. The van der Waals surface area contributed by atoms with E-state index in [1.807, 2.05) is 24.3 Å². The Morgan fingerprint density at radius 3 is 2.17 bits per heavy atom. The summed E-state index contributed by atoms with van der Waals surface area (Å²) in [6, 6.07) is 16.5. The Labute approximate surface area is 208 Å². The predicted octanol–water partition coefficient (Wildman–Crippen LogP) is 5.46. The number of carbonyl (C=O) groups excluding carboxylic acids is 1. The van der Waals surface area contributed by atoms with E-state index in [9.17, 15) is 14.7 Å². The van der Waals surface area contributed by atoms with E-state index >= 15 is 0 Å². The van der Waals surface area contributed by atoms with Gasteiger partial charge >= 0.3 is 5.97 Å². The third kappa shape index (κ3) is 4.51. The van der Waals surface area contributed by atoms with E-state index in [2.05, 4.69) is 0 Å². The van der Waals surface area contributed by atoms with E-state index in [1.54, 1.807) is 50.6 Å². The van der Waals surface area contributed by atoms with Gasteiger partial charge in [-0.2, -0.15) is 0 Å². The fraction of sp³-hybridized carbons (Fsp3) is 0.259. The minimum absolute atomic E-state index is 0.356. The molecule has 2 atom stereocenters. The number of halogens is 1. The fourth-order valence-corrected chi connectivity index (χ4v) is 4.92. The quantitative estimate of drug-likeness (QED) is 0.468. The average Bonchev–Trinajstić information content (AvgIpc) is 3.33. The van der Waals surface area contributed by atoms with Gasteiger partial charge in [-0.25, -0.2) is 4.79 Å². The maximum atomic E-state index is 13.6. The van der Waals surface area contributed by atoms with Crippen molar-refractivity contribution in [2.45, 2.75) is 24.9 Å². The number of hydrogen-bond donors (Lipinski definition) is 1. The zero-order chi connectivity index (χ0) is 25.1. The van der Waals surface area contributed by atoms with Crippen LogP contribution in [0.1, 0.15) is 34.8 Å². The minimum atomic E-state index is -1.03. The summed E-state index contributed by atoms with van der Waals surface area (Å²) in [6.45, 7) is 0. The molecule has 0 saturated carbocycles. The summed E-state index contributed by atoms with van der Waals surface area (Å²) >= 11 is 6.39. The lowest BCUT2D eigenvalue weighted by molar-refractivity contribution is -0.141. The topological polar surface area (TPSA) is 85.3 Å². The van der Waals surface area contributed by atoms with Crippen LogP contribution in [0.25, 0.3) is 11.1 Å². The second kappa shape index (κ2) is 10.3. The molecule has 3 aromatic rings. The Hall–Kier alpha value is -3.71. The predicted molar refractivity (Wildman–Crippen MR) is 133 cm³/mol. The summed E-state index contributed by atoms with van der Waals surface area (Å²) in [7, 11) is 4.64. The third-order valence-electron chi connectivity index (χ3n) is 6.32. The first kappa shape index (κ1) is 24.4. The Morgan fingerprint density at radius 2 is 1.57 bits per heavy atom. The first-order chi connectivity index (χ1) is 16.9. The molecule has 1 aliphatic heterocycles. The molecule has 3 aromatic carbocycles. The maximum absolute atomic E-state index is 13.6. The summed E-state index contributed by atoms with van der Waals surface area (Å²) < 4.78 is 16.4. The number of carbonyl (C=O) groups is 2. The number of hydrogen-bond acceptors (Lipinski definition) is 5. The van der Waals surface area contributed by atoms with Crippen molar-refractivity contribution < 1.29 is 28.9 Å². The van der Waals surface area contributed by atoms with Crippen LogP contribution in [0.5, 0.6) is 17.2 Å². The number of aliphatic carboxylic acids is 1. The standard InChI is InChI=1S/C27H26ClNO6/c1-33-23-15-12-18(24(34-2)25(23)35-3)16-8-10-17(11-9-16)26(30)29-21(13-14-22(29)27(31)32)19-6-4-5-7-20(19)28/h4-12,15,21-22H,13-14H2,1-3H3,(H,31,32)/t21-,22+/m1/s1. The number of methoxy groups -OCH3 is 3. The highest BCUT2D eigenvalue weighted by Crippen LogP contribution is 2.44. The Balaban J connectivity index is 1.69. The summed E-state index contributed by atoms with van der Waals surface area (Å²) in [6.07, 6.45) is 0.880. The Kier molecular flexibility index (Phi) is 7.17. The van der Waals surface area contributed by atoms with Gasteiger partial charge in [0.25, 0.3) is 5.91 Å². The van der Waals surface area contributed by atoms with Gasteiger partial charge in [-0.3, -0.25) is 4.79 Å². The molecular formula is C27H26ClNO6. The molecule has 1 heterocycles. The number of likely N-dealkylation sites (tertiary alicyclic amines) is 1. The van der Waals surface area contributed by atoms with Gasteiger partial charge in [0, 0.05) is 16.1 Å². The van der Waals surface area contributed by atoms with Crippen molar-refractivity contribution in [3.05, 3.63) is 76.8 Å². The molecule has 0 aliphatic carbocycles. The van der Waals surface area contributed by atoms with Crippen molar-refractivity contribution in [2.75, 3.05) is 21.3 Å². The van der Waals surface area contributed by atoms with Gasteiger partial charge in [0.1, 0.15) is 6.04 Å². The molecule has 1 saturated heterocycles. The van der Waals surface area contributed by atoms with Crippen LogP contribution in [0.4, 0.5) is 0 Å². The number of rotatable bonds is 7. The molecule has 7 nitrogen and oxygen atoms in total. The van der Waals surface area contributed by atoms with E-state index in [0.29, 0.717) is 40.7 Å². The van der Waals surface area contributed by atoms with E-state index in [-0.39, 0.29) is 5.91 Å². The minimum Gasteiger partial charge on any atom is -0.493 e. The van der Waals surface area contributed by atoms with Gasteiger partial charge in [0.2, 0.25) is 5.75 Å². The number of nitrogens with zero attached hydrogens (tertiary/aromatic N) is 1. The molecule has 1 N–H and O–H groups in total. The Bertz CT molecular complexity index is 1240. The second-order valence-corrected chi connectivity index (χ2v) is 8.55. The highest BCUT2D eigenvalue weighted by Gasteiger charge is 2.42. The van der Waals surface area contributed by atoms with Crippen LogP contribution < -0.4 is 14.2 Å². The van der Waals surface area contributed by atoms with Crippen molar-refractivity contribution in [3.63, 3.8) is 0 Å². The molecule has 1 amide bonds. The highest BCUT2D eigenvalue weighted by atomic mass is 35.5.